The van der Waals surface area contributed by atoms with Crippen LogP contribution in [-0.2, 0) is 32.2 Å². The van der Waals surface area contributed by atoms with Gasteiger partial charge in [0, 0.05) is 17.8 Å². The van der Waals surface area contributed by atoms with Crippen LogP contribution in [0.4, 0.5) is 11.4 Å². The smallest absolute Gasteiger partial charge is 0.269 e. The monoisotopic (exact) mass is 388 g/mol. The quantitative estimate of drug-likeness (QED) is 0.441. The SMILES string of the molecule is Nc1cccc(COC2COC2)c1.O=[N+]([O-])c1cccc(COC2COC2)c1. The first-order valence-electron chi connectivity index (χ1n) is 9.06. The molecule has 8 heteroatoms. The van der Waals surface area contributed by atoms with Crippen LogP contribution in [0.15, 0.2) is 48.5 Å². The minimum Gasteiger partial charge on any atom is -0.399 e. The van der Waals surface area contributed by atoms with Crippen molar-refractivity contribution in [2.24, 2.45) is 0 Å². The van der Waals surface area contributed by atoms with Crippen LogP contribution in [0, 0.1) is 10.1 Å². The van der Waals surface area contributed by atoms with Crippen molar-refractivity contribution < 1.29 is 23.9 Å². The summed E-state index contributed by atoms with van der Waals surface area (Å²) in [6, 6.07) is 14.2. The van der Waals surface area contributed by atoms with Crippen LogP contribution in [0.3, 0.4) is 0 Å². The molecule has 0 aromatic heterocycles. The third-order valence-electron chi connectivity index (χ3n) is 4.26. The predicted octanol–water partition coefficient (Wildman–Crippen LogP) is 2.69. The second-order valence-electron chi connectivity index (χ2n) is 6.61. The Morgan fingerprint density at radius 2 is 1.46 bits per heavy atom. The summed E-state index contributed by atoms with van der Waals surface area (Å²) in [4.78, 5) is 10.1. The number of nitrogens with zero attached hydrogens (tertiary/aromatic N) is 1. The lowest BCUT2D eigenvalue weighted by atomic mass is 10.2. The van der Waals surface area contributed by atoms with E-state index in [1.165, 1.54) is 12.1 Å². The van der Waals surface area contributed by atoms with Gasteiger partial charge in [0.1, 0.15) is 12.2 Å². The van der Waals surface area contributed by atoms with Crippen molar-refractivity contribution in [1.29, 1.82) is 0 Å². The van der Waals surface area contributed by atoms with E-state index in [1.807, 2.05) is 30.3 Å². The fourth-order valence-corrected chi connectivity index (χ4v) is 2.49. The van der Waals surface area contributed by atoms with Crippen LogP contribution in [0.1, 0.15) is 11.1 Å². The molecule has 2 saturated heterocycles. The van der Waals surface area contributed by atoms with E-state index in [1.54, 1.807) is 6.07 Å². The number of anilines is 1. The Morgan fingerprint density at radius 3 is 1.93 bits per heavy atom. The molecule has 2 aromatic rings. The summed E-state index contributed by atoms with van der Waals surface area (Å²) < 4.78 is 20.9. The van der Waals surface area contributed by atoms with Crippen LogP contribution in [-0.4, -0.2) is 43.6 Å². The molecule has 4 rings (SSSR count). The Morgan fingerprint density at radius 1 is 0.929 bits per heavy atom. The molecule has 2 aromatic carbocycles. The Labute approximate surface area is 163 Å². The molecule has 28 heavy (non-hydrogen) atoms. The highest BCUT2D eigenvalue weighted by Gasteiger charge is 2.19. The van der Waals surface area contributed by atoms with Crippen molar-refractivity contribution >= 4 is 11.4 Å². The van der Waals surface area contributed by atoms with Crippen molar-refractivity contribution in [3.63, 3.8) is 0 Å². The topological polar surface area (TPSA) is 106 Å². The third kappa shape index (κ3) is 6.28. The fraction of sp³-hybridized carbons (Fsp3) is 0.400. The van der Waals surface area contributed by atoms with E-state index in [4.69, 9.17) is 24.7 Å². The van der Waals surface area contributed by atoms with E-state index in [-0.39, 0.29) is 17.9 Å². The number of nitro groups is 1. The summed E-state index contributed by atoms with van der Waals surface area (Å²) in [7, 11) is 0. The normalized spacial score (nSPS) is 16.4. The standard InChI is InChI=1S/C10H11NO4.C10H13NO2/c12-11(13)9-3-1-2-8(4-9)5-15-10-6-14-7-10;11-9-3-1-2-8(4-9)5-13-10-6-12-7-10/h1-4,10H,5-7H2;1-4,10H,5-7,11H2. The van der Waals surface area contributed by atoms with Crippen LogP contribution < -0.4 is 5.73 Å². The minimum absolute atomic E-state index is 0.0981. The zero-order valence-electron chi connectivity index (χ0n) is 15.5. The number of ether oxygens (including phenoxy) is 4. The summed E-state index contributed by atoms with van der Waals surface area (Å²) in [5.41, 5.74) is 8.45. The molecule has 2 aliphatic rings. The summed E-state index contributed by atoms with van der Waals surface area (Å²) in [5, 5.41) is 10.5. The van der Waals surface area contributed by atoms with Gasteiger partial charge < -0.3 is 24.7 Å². The van der Waals surface area contributed by atoms with Crippen LogP contribution in [0.5, 0.6) is 0 Å². The molecule has 150 valence electrons. The number of hydrogen-bond acceptors (Lipinski definition) is 7. The molecule has 2 fully saturated rings. The molecule has 0 bridgehead atoms. The van der Waals surface area contributed by atoms with Gasteiger partial charge in [0.05, 0.1) is 44.6 Å². The van der Waals surface area contributed by atoms with Crippen molar-refractivity contribution in [3.8, 4) is 0 Å². The molecule has 0 spiro atoms. The zero-order valence-corrected chi connectivity index (χ0v) is 15.5. The van der Waals surface area contributed by atoms with E-state index in [0.29, 0.717) is 26.4 Å². The Bertz CT molecular complexity index is 777. The average molecular weight is 388 g/mol. The molecule has 0 atom stereocenters. The van der Waals surface area contributed by atoms with Gasteiger partial charge in [0.2, 0.25) is 0 Å². The molecule has 0 amide bonds. The first-order chi connectivity index (χ1) is 13.6. The maximum atomic E-state index is 10.5. The molecular formula is C20H24N2O6. The van der Waals surface area contributed by atoms with E-state index in [9.17, 15) is 10.1 Å². The lowest BCUT2D eigenvalue weighted by molar-refractivity contribution is -0.385. The Hall–Kier alpha value is -2.52. The number of nitrogen functional groups attached to an aromatic ring is 1. The average Bonchev–Trinajstić information content (AvgIpc) is 2.60. The maximum absolute atomic E-state index is 10.5. The number of non-ortho nitro benzene ring substituents is 1. The number of nitrogens with two attached hydrogens (primary N) is 1. The molecule has 0 unspecified atom stereocenters. The number of hydrogen-bond donors (Lipinski definition) is 1. The lowest BCUT2D eigenvalue weighted by Gasteiger charge is -2.25. The molecule has 8 nitrogen and oxygen atoms in total. The lowest BCUT2D eigenvalue weighted by Crippen LogP contribution is -2.35. The first-order valence-corrected chi connectivity index (χ1v) is 9.06. The predicted molar refractivity (Wildman–Crippen MR) is 103 cm³/mol. The van der Waals surface area contributed by atoms with E-state index < -0.39 is 4.92 Å². The first kappa shape index (κ1) is 20.2. The van der Waals surface area contributed by atoms with Gasteiger partial charge in [-0.3, -0.25) is 10.1 Å². The second kappa shape index (κ2) is 10.1. The summed E-state index contributed by atoms with van der Waals surface area (Å²) >= 11 is 0. The Kier molecular flexibility index (Phi) is 7.32. The highest BCUT2D eigenvalue weighted by atomic mass is 16.6. The molecule has 0 saturated carbocycles. The highest BCUT2D eigenvalue weighted by Crippen LogP contribution is 2.16. The van der Waals surface area contributed by atoms with Gasteiger partial charge in [-0.1, -0.05) is 24.3 Å². The van der Waals surface area contributed by atoms with Crippen LogP contribution in [0.25, 0.3) is 0 Å². The van der Waals surface area contributed by atoms with Crippen molar-refractivity contribution in [3.05, 3.63) is 69.8 Å². The van der Waals surface area contributed by atoms with Crippen LogP contribution in [0.2, 0.25) is 0 Å². The van der Waals surface area contributed by atoms with Crippen molar-refractivity contribution in [1.82, 2.24) is 0 Å². The second-order valence-corrected chi connectivity index (χ2v) is 6.61. The summed E-state index contributed by atoms with van der Waals surface area (Å²) in [6.45, 7) is 3.71. The van der Waals surface area contributed by atoms with Gasteiger partial charge in [-0.2, -0.15) is 0 Å². The molecule has 2 heterocycles. The van der Waals surface area contributed by atoms with Crippen molar-refractivity contribution in [2.75, 3.05) is 32.2 Å². The van der Waals surface area contributed by atoms with Gasteiger partial charge in [-0.05, 0) is 23.3 Å². The minimum atomic E-state index is -0.407. The Balaban J connectivity index is 0.000000162. The number of benzene rings is 2. The van der Waals surface area contributed by atoms with Crippen molar-refractivity contribution in [2.45, 2.75) is 25.4 Å². The molecule has 0 radical (unpaired) electrons. The van der Waals surface area contributed by atoms with Gasteiger partial charge >= 0.3 is 0 Å². The maximum Gasteiger partial charge on any atom is 0.269 e. The number of rotatable bonds is 7. The number of nitro benzene ring substituents is 1. The molecule has 2 N–H and O–H groups in total. The van der Waals surface area contributed by atoms with Crippen LogP contribution >= 0.6 is 0 Å². The van der Waals surface area contributed by atoms with Gasteiger partial charge in [0.15, 0.2) is 0 Å². The zero-order chi connectivity index (χ0) is 19.8. The molecular weight excluding hydrogens is 364 g/mol. The summed E-state index contributed by atoms with van der Waals surface area (Å²) in [6.07, 6.45) is 0.422. The van der Waals surface area contributed by atoms with Gasteiger partial charge in [-0.15, -0.1) is 0 Å². The molecule has 0 aliphatic carbocycles. The van der Waals surface area contributed by atoms with E-state index in [2.05, 4.69) is 0 Å². The third-order valence-corrected chi connectivity index (χ3v) is 4.26. The molecule has 2 aliphatic heterocycles. The highest BCUT2D eigenvalue weighted by molar-refractivity contribution is 5.40. The fourth-order valence-electron chi connectivity index (χ4n) is 2.49. The van der Waals surface area contributed by atoms with Gasteiger partial charge in [-0.25, -0.2) is 0 Å². The van der Waals surface area contributed by atoms with Gasteiger partial charge in [0.25, 0.3) is 5.69 Å². The summed E-state index contributed by atoms with van der Waals surface area (Å²) in [5.74, 6) is 0. The van der Waals surface area contributed by atoms with E-state index in [0.717, 1.165) is 30.0 Å². The largest absolute Gasteiger partial charge is 0.399 e. The van der Waals surface area contributed by atoms with E-state index >= 15 is 0 Å².